The molecule has 10 nitrogen and oxygen atoms in total. The minimum Gasteiger partial charge on any atom is -0.354 e. The lowest BCUT2D eigenvalue weighted by molar-refractivity contribution is 0.255. The molecule has 3 aromatic rings. The fourth-order valence-electron chi connectivity index (χ4n) is 3.96. The molecule has 5 heterocycles. The molecule has 0 unspecified atom stereocenters. The van der Waals surface area contributed by atoms with Crippen LogP contribution in [-0.4, -0.2) is 56.9 Å². The van der Waals surface area contributed by atoms with E-state index in [4.69, 9.17) is 10.2 Å². The molecular formula is C22H23N9O. The van der Waals surface area contributed by atoms with Gasteiger partial charge < -0.3 is 9.47 Å². The van der Waals surface area contributed by atoms with Crippen LogP contribution >= 0.6 is 0 Å². The van der Waals surface area contributed by atoms with Gasteiger partial charge in [-0.2, -0.15) is 5.26 Å². The predicted octanol–water partition coefficient (Wildman–Crippen LogP) is 2.72. The number of hydrogen-bond acceptors (Lipinski definition) is 7. The SMILES string of the molecule is CC(C)n1cnnc1-c1cccc(N2CCN(c3ccc(N4CC(C#N)C4)nc3)C2=O)n1. The molecule has 2 saturated heterocycles. The lowest BCUT2D eigenvalue weighted by Gasteiger charge is -2.36. The zero-order valence-corrected chi connectivity index (χ0v) is 18.0. The molecule has 0 radical (unpaired) electrons. The Hall–Kier alpha value is -4.00. The summed E-state index contributed by atoms with van der Waals surface area (Å²) >= 11 is 0. The third-order valence-corrected chi connectivity index (χ3v) is 5.81. The van der Waals surface area contributed by atoms with E-state index in [-0.39, 0.29) is 18.0 Å². The van der Waals surface area contributed by atoms with E-state index >= 15 is 0 Å². The molecule has 2 aliphatic rings. The Morgan fingerprint density at radius 3 is 2.62 bits per heavy atom. The monoisotopic (exact) mass is 429 g/mol. The second-order valence-electron chi connectivity index (χ2n) is 8.23. The van der Waals surface area contributed by atoms with Gasteiger partial charge >= 0.3 is 6.03 Å². The van der Waals surface area contributed by atoms with Crippen molar-refractivity contribution in [1.82, 2.24) is 24.7 Å². The summed E-state index contributed by atoms with van der Waals surface area (Å²) in [4.78, 5) is 27.8. The van der Waals surface area contributed by atoms with Gasteiger partial charge in [-0.1, -0.05) is 6.07 Å². The Bertz CT molecular complexity index is 1170. The van der Waals surface area contributed by atoms with Crippen molar-refractivity contribution in [2.24, 2.45) is 5.92 Å². The maximum Gasteiger partial charge on any atom is 0.330 e. The Labute approximate surface area is 185 Å². The fourth-order valence-corrected chi connectivity index (χ4v) is 3.96. The second-order valence-corrected chi connectivity index (χ2v) is 8.23. The molecule has 0 aromatic carbocycles. The highest BCUT2D eigenvalue weighted by Gasteiger charge is 2.33. The Morgan fingerprint density at radius 1 is 1.09 bits per heavy atom. The van der Waals surface area contributed by atoms with Gasteiger partial charge in [0.05, 0.1) is 23.9 Å². The van der Waals surface area contributed by atoms with Gasteiger partial charge in [-0.3, -0.25) is 9.80 Å². The molecular weight excluding hydrogens is 406 g/mol. The topological polar surface area (TPSA) is 107 Å². The van der Waals surface area contributed by atoms with Gasteiger partial charge in [0, 0.05) is 32.2 Å². The summed E-state index contributed by atoms with van der Waals surface area (Å²) in [6.45, 7) is 6.60. The number of anilines is 3. The van der Waals surface area contributed by atoms with Crippen molar-refractivity contribution >= 4 is 23.4 Å². The number of aromatic nitrogens is 5. The number of carbonyl (C=O) groups excluding carboxylic acids is 1. The molecule has 0 atom stereocenters. The predicted molar refractivity (Wildman–Crippen MR) is 119 cm³/mol. The van der Waals surface area contributed by atoms with Gasteiger partial charge in [-0.15, -0.1) is 10.2 Å². The minimum atomic E-state index is -0.136. The molecule has 3 aromatic heterocycles. The lowest BCUT2D eigenvalue weighted by Crippen LogP contribution is -2.46. The van der Waals surface area contributed by atoms with Crippen LogP contribution in [0.3, 0.4) is 0 Å². The quantitative estimate of drug-likeness (QED) is 0.614. The number of hydrogen-bond donors (Lipinski definition) is 0. The number of nitriles is 1. The molecule has 2 amide bonds. The normalized spacial score (nSPS) is 16.6. The zero-order chi connectivity index (χ0) is 22.2. The highest BCUT2D eigenvalue weighted by Crippen LogP contribution is 2.28. The number of urea groups is 1. The largest absolute Gasteiger partial charge is 0.354 e. The summed E-state index contributed by atoms with van der Waals surface area (Å²) < 4.78 is 1.95. The summed E-state index contributed by atoms with van der Waals surface area (Å²) in [6, 6.07) is 11.7. The van der Waals surface area contributed by atoms with Crippen LogP contribution in [-0.2, 0) is 0 Å². The van der Waals surface area contributed by atoms with Crippen LogP contribution in [0.2, 0.25) is 0 Å². The average molecular weight is 429 g/mol. The molecule has 2 aliphatic heterocycles. The molecule has 0 bridgehead atoms. The van der Waals surface area contributed by atoms with Gasteiger partial charge in [0.1, 0.15) is 23.7 Å². The molecule has 10 heteroatoms. The smallest absolute Gasteiger partial charge is 0.330 e. The Balaban J connectivity index is 1.33. The van der Waals surface area contributed by atoms with E-state index in [9.17, 15) is 4.79 Å². The standard InChI is InChI=1S/C22H23N9O/c1-15(2)31-14-25-27-21(31)18-4-3-5-20(26-18)30-9-8-29(22(30)32)17-6-7-19(24-11-17)28-12-16(10-23)13-28/h3-7,11,14-16H,8-9,12-13H2,1-2H3. The van der Waals surface area contributed by atoms with Crippen molar-refractivity contribution in [3.63, 3.8) is 0 Å². The zero-order valence-electron chi connectivity index (χ0n) is 18.0. The van der Waals surface area contributed by atoms with Gasteiger partial charge in [0.2, 0.25) is 0 Å². The summed E-state index contributed by atoms with van der Waals surface area (Å²) in [5, 5.41) is 17.2. The molecule has 162 valence electrons. The third-order valence-electron chi connectivity index (χ3n) is 5.81. The first-order valence-corrected chi connectivity index (χ1v) is 10.6. The number of carbonyl (C=O) groups is 1. The van der Waals surface area contributed by atoms with Crippen LogP contribution < -0.4 is 14.7 Å². The van der Waals surface area contributed by atoms with Crippen LogP contribution in [0.25, 0.3) is 11.5 Å². The van der Waals surface area contributed by atoms with Gasteiger partial charge in [-0.05, 0) is 38.1 Å². The lowest BCUT2D eigenvalue weighted by atomic mass is 10.0. The van der Waals surface area contributed by atoms with Crippen molar-refractivity contribution in [2.45, 2.75) is 19.9 Å². The number of amides is 2. The van der Waals surface area contributed by atoms with E-state index in [0.29, 0.717) is 43.5 Å². The Morgan fingerprint density at radius 2 is 1.91 bits per heavy atom. The van der Waals surface area contributed by atoms with Crippen molar-refractivity contribution in [1.29, 1.82) is 5.26 Å². The molecule has 0 spiro atoms. The van der Waals surface area contributed by atoms with Crippen molar-refractivity contribution in [3.05, 3.63) is 42.9 Å². The van der Waals surface area contributed by atoms with Crippen LogP contribution in [0.5, 0.6) is 0 Å². The molecule has 32 heavy (non-hydrogen) atoms. The van der Waals surface area contributed by atoms with Crippen molar-refractivity contribution in [3.8, 4) is 17.6 Å². The Kier molecular flexibility index (Phi) is 4.93. The second kappa shape index (κ2) is 7.92. The van der Waals surface area contributed by atoms with E-state index in [0.717, 1.165) is 11.5 Å². The van der Waals surface area contributed by atoms with Gasteiger partial charge in [0.25, 0.3) is 0 Å². The number of pyridine rings is 2. The third kappa shape index (κ3) is 3.41. The van der Waals surface area contributed by atoms with E-state index in [2.05, 4.69) is 40.0 Å². The van der Waals surface area contributed by atoms with Crippen LogP contribution in [0.15, 0.2) is 42.9 Å². The highest BCUT2D eigenvalue weighted by atomic mass is 16.2. The fraction of sp³-hybridized carbons (Fsp3) is 0.364. The summed E-state index contributed by atoms with van der Waals surface area (Å²) in [7, 11) is 0. The van der Waals surface area contributed by atoms with E-state index < -0.39 is 0 Å². The molecule has 0 N–H and O–H groups in total. The van der Waals surface area contributed by atoms with E-state index in [1.807, 2.05) is 34.9 Å². The van der Waals surface area contributed by atoms with Gasteiger partial charge in [-0.25, -0.2) is 14.8 Å². The first-order chi connectivity index (χ1) is 15.5. The first kappa shape index (κ1) is 19.9. The first-order valence-electron chi connectivity index (χ1n) is 10.6. The molecule has 2 fully saturated rings. The van der Waals surface area contributed by atoms with Crippen LogP contribution in [0.1, 0.15) is 19.9 Å². The van der Waals surface area contributed by atoms with E-state index in [1.54, 1.807) is 22.3 Å². The maximum atomic E-state index is 13.2. The summed E-state index contributed by atoms with van der Waals surface area (Å²) in [6.07, 6.45) is 3.40. The summed E-state index contributed by atoms with van der Waals surface area (Å²) in [5.74, 6) is 2.16. The van der Waals surface area contributed by atoms with Crippen molar-refractivity contribution < 1.29 is 4.79 Å². The molecule has 0 aliphatic carbocycles. The molecule has 0 saturated carbocycles. The minimum absolute atomic E-state index is 0.0721. The van der Waals surface area contributed by atoms with Gasteiger partial charge in [0.15, 0.2) is 5.82 Å². The van der Waals surface area contributed by atoms with E-state index in [1.165, 1.54) is 0 Å². The van der Waals surface area contributed by atoms with Crippen molar-refractivity contribution in [2.75, 3.05) is 40.9 Å². The van der Waals surface area contributed by atoms with Crippen LogP contribution in [0, 0.1) is 17.2 Å². The number of rotatable bonds is 5. The highest BCUT2D eigenvalue weighted by molar-refractivity contribution is 6.05. The van der Waals surface area contributed by atoms with Crippen LogP contribution in [0.4, 0.5) is 22.1 Å². The molecule has 5 rings (SSSR count). The number of nitrogens with zero attached hydrogens (tertiary/aromatic N) is 9. The average Bonchev–Trinajstić information content (AvgIpc) is 3.41. The maximum absolute atomic E-state index is 13.2. The summed E-state index contributed by atoms with van der Waals surface area (Å²) in [5.41, 5.74) is 1.42.